The van der Waals surface area contributed by atoms with Gasteiger partial charge in [0.25, 0.3) is 0 Å². The van der Waals surface area contributed by atoms with E-state index in [0.717, 1.165) is 6.42 Å². The molecule has 2 heteroatoms. The summed E-state index contributed by atoms with van der Waals surface area (Å²) in [4.78, 5) is 10.4. The molecule has 0 spiro atoms. The van der Waals surface area contributed by atoms with Crippen LogP contribution in [0.4, 0.5) is 0 Å². The number of amides is 1. The normalized spacial score (nSPS) is 10.9. The van der Waals surface area contributed by atoms with Gasteiger partial charge < -0.3 is 5.32 Å². The lowest BCUT2D eigenvalue weighted by Gasteiger charge is -2.00. The van der Waals surface area contributed by atoms with Crippen LogP contribution < -0.4 is 5.32 Å². The molecular formula is C9H15NO. The van der Waals surface area contributed by atoms with Gasteiger partial charge >= 0.3 is 0 Å². The molecule has 1 N–H and O–H groups in total. The quantitative estimate of drug-likeness (QED) is 0.611. The summed E-state index contributed by atoms with van der Waals surface area (Å²) >= 11 is 0. The SMILES string of the molecule is C=C/C=C(\C)CCNC(C)=O. The van der Waals surface area contributed by atoms with Crippen molar-refractivity contribution in [1.82, 2.24) is 5.32 Å². The minimum atomic E-state index is 0.0244. The fraction of sp³-hybridized carbons (Fsp3) is 0.444. The molecule has 0 aromatic rings. The Morgan fingerprint density at radius 3 is 2.64 bits per heavy atom. The molecule has 0 rings (SSSR count). The third kappa shape index (κ3) is 6.84. The van der Waals surface area contributed by atoms with Crippen molar-refractivity contribution >= 4 is 5.91 Å². The van der Waals surface area contributed by atoms with Crippen molar-refractivity contribution in [2.45, 2.75) is 20.3 Å². The second-order valence-corrected chi connectivity index (χ2v) is 2.48. The van der Waals surface area contributed by atoms with Crippen molar-refractivity contribution < 1.29 is 4.79 Å². The Bertz CT molecular complexity index is 170. The van der Waals surface area contributed by atoms with Crippen LogP contribution >= 0.6 is 0 Å². The van der Waals surface area contributed by atoms with E-state index in [4.69, 9.17) is 0 Å². The van der Waals surface area contributed by atoms with Gasteiger partial charge in [0.05, 0.1) is 0 Å². The number of hydrogen-bond acceptors (Lipinski definition) is 1. The van der Waals surface area contributed by atoms with Crippen LogP contribution in [0.1, 0.15) is 20.3 Å². The summed E-state index contributed by atoms with van der Waals surface area (Å²) in [5.41, 5.74) is 1.23. The van der Waals surface area contributed by atoms with Gasteiger partial charge in [0, 0.05) is 13.5 Å². The largest absolute Gasteiger partial charge is 0.356 e. The third-order valence-corrected chi connectivity index (χ3v) is 1.30. The first-order valence-corrected chi connectivity index (χ1v) is 3.69. The van der Waals surface area contributed by atoms with Crippen molar-refractivity contribution in [3.63, 3.8) is 0 Å². The molecule has 0 radical (unpaired) electrons. The number of hydrogen-bond donors (Lipinski definition) is 1. The van der Waals surface area contributed by atoms with E-state index in [1.54, 1.807) is 6.08 Å². The molecule has 11 heavy (non-hydrogen) atoms. The lowest BCUT2D eigenvalue weighted by Crippen LogP contribution is -2.20. The Morgan fingerprint density at radius 2 is 2.18 bits per heavy atom. The lowest BCUT2D eigenvalue weighted by molar-refractivity contribution is -0.118. The average molecular weight is 153 g/mol. The van der Waals surface area contributed by atoms with Crippen LogP contribution in [0.15, 0.2) is 24.3 Å². The molecule has 0 aromatic carbocycles. The van der Waals surface area contributed by atoms with Gasteiger partial charge in [-0.3, -0.25) is 4.79 Å². The van der Waals surface area contributed by atoms with Gasteiger partial charge in [-0.1, -0.05) is 24.3 Å². The van der Waals surface area contributed by atoms with Gasteiger partial charge in [-0.15, -0.1) is 0 Å². The predicted molar refractivity (Wildman–Crippen MR) is 47.3 cm³/mol. The van der Waals surface area contributed by atoms with Gasteiger partial charge in [0.2, 0.25) is 5.91 Å². The molecule has 0 aliphatic heterocycles. The highest BCUT2D eigenvalue weighted by Crippen LogP contribution is 1.97. The van der Waals surface area contributed by atoms with E-state index < -0.39 is 0 Å². The monoisotopic (exact) mass is 153 g/mol. The topological polar surface area (TPSA) is 29.1 Å². The van der Waals surface area contributed by atoms with Crippen LogP contribution in [0.25, 0.3) is 0 Å². The van der Waals surface area contributed by atoms with E-state index in [9.17, 15) is 4.79 Å². The maximum Gasteiger partial charge on any atom is 0.216 e. The molecule has 0 atom stereocenters. The summed E-state index contributed by atoms with van der Waals surface area (Å²) in [7, 11) is 0. The molecule has 0 saturated heterocycles. The fourth-order valence-electron chi connectivity index (χ4n) is 0.720. The minimum absolute atomic E-state index is 0.0244. The molecule has 2 nitrogen and oxygen atoms in total. The summed E-state index contributed by atoms with van der Waals surface area (Å²) in [6.07, 6.45) is 4.59. The molecule has 0 heterocycles. The predicted octanol–water partition coefficient (Wildman–Crippen LogP) is 1.64. The van der Waals surface area contributed by atoms with Gasteiger partial charge in [-0.2, -0.15) is 0 Å². The third-order valence-electron chi connectivity index (χ3n) is 1.30. The number of carbonyl (C=O) groups excluding carboxylic acids is 1. The highest BCUT2D eigenvalue weighted by Gasteiger charge is 1.90. The van der Waals surface area contributed by atoms with Gasteiger partial charge in [0.1, 0.15) is 0 Å². The Balaban J connectivity index is 3.46. The molecule has 0 bridgehead atoms. The first-order valence-electron chi connectivity index (χ1n) is 3.69. The van der Waals surface area contributed by atoms with Crippen LogP contribution in [0, 0.1) is 0 Å². The molecular weight excluding hydrogens is 138 g/mol. The van der Waals surface area contributed by atoms with Crippen molar-refractivity contribution in [3.8, 4) is 0 Å². The zero-order valence-electron chi connectivity index (χ0n) is 7.18. The van der Waals surface area contributed by atoms with Crippen molar-refractivity contribution in [2.75, 3.05) is 6.54 Å². The molecule has 0 aliphatic rings. The van der Waals surface area contributed by atoms with Crippen molar-refractivity contribution in [2.24, 2.45) is 0 Å². The Hall–Kier alpha value is -1.05. The Kier molecular flexibility index (Phi) is 5.17. The van der Waals surface area contributed by atoms with E-state index in [1.165, 1.54) is 12.5 Å². The first-order chi connectivity index (χ1) is 5.16. The maximum absolute atomic E-state index is 10.4. The van der Waals surface area contributed by atoms with Crippen LogP contribution in [0.2, 0.25) is 0 Å². The van der Waals surface area contributed by atoms with Crippen LogP contribution in [0.3, 0.4) is 0 Å². The molecule has 62 valence electrons. The standard InChI is InChI=1S/C9H15NO/c1-4-5-8(2)6-7-10-9(3)11/h4-5H,1,6-7H2,2-3H3,(H,10,11)/b8-5+. The lowest BCUT2D eigenvalue weighted by atomic mass is 10.2. The van der Waals surface area contributed by atoms with Gasteiger partial charge in [0.15, 0.2) is 0 Å². The van der Waals surface area contributed by atoms with E-state index in [2.05, 4.69) is 11.9 Å². The molecule has 0 unspecified atom stereocenters. The molecule has 0 fully saturated rings. The summed E-state index contributed by atoms with van der Waals surface area (Å²) < 4.78 is 0. The Morgan fingerprint density at radius 1 is 1.55 bits per heavy atom. The summed E-state index contributed by atoms with van der Waals surface area (Å²) in [5, 5.41) is 2.72. The fourth-order valence-corrected chi connectivity index (χ4v) is 0.720. The van der Waals surface area contributed by atoms with Crippen LogP contribution in [-0.2, 0) is 4.79 Å². The first kappa shape index (κ1) is 9.95. The van der Waals surface area contributed by atoms with Crippen LogP contribution in [-0.4, -0.2) is 12.5 Å². The van der Waals surface area contributed by atoms with E-state index in [1.807, 2.05) is 13.0 Å². The van der Waals surface area contributed by atoms with E-state index in [0.29, 0.717) is 6.54 Å². The summed E-state index contributed by atoms with van der Waals surface area (Å²) in [6.45, 7) is 7.83. The zero-order chi connectivity index (χ0) is 8.69. The highest BCUT2D eigenvalue weighted by atomic mass is 16.1. The van der Waals surface area contributed by atoms with Crippen molar-refractivity contribution in [3.05, 3.63) is 24.3 Å². The van der Waals surface area contributed by atoms with E-state index in [-0.39, 0.29) is 5.91 Å². The second-order valence-electron chi connectivity index (χ2n) is 2.48. The molecule has 0 aromatic heterocycles. The minimum Gasteiger partial charge on any atom is -0.356 e. The summed E-state index contributed by atoms with van der Waals surface area (Å²) in [6, 6.07) is 0. The Labute approximate surface area is 68.0 Å². The zero-order valence-corrected chi connectivity index (χ0v) is 7.18. The van der Waals surface area contributed by atoms with Gasteiger partial charge in [-0.05, 0) is 13.3 Å². The second kappa shape index (κ2) is 5.71. The molecule has 1 amide bonds. The number of allylic oxidation sites excluding steroid dienone is 2. The smallest absolute Gasteiger partial charge is 0.216 e. The highest BCUT2D eigenvalue weighted by molar-refractivity contribution is 5.72. The van der Waals surface area contributed by atoms with Crippen LogP contribution in [0.5, 0.6) is 0 Å². The number of nitrogens with one attached hydrogen (secondary N) is 1. The van der Waals surface area contributed by atoms with Crippen molar-refractivity contribution in [1.29, 1.82) is 0 Å². The number of rotatable bonds is 4. The molecule has 0 aliphatic carbocycles. The maximum atomic E-state index is 10.4. The average Bonchev–Trinajstić information content (AvgIpc) is 1.87. The summed E-state index contributed by atoms with van der Waals surface area (Å²) in [5.74, 6) is 0.0244. The van der Waals surface area contributed by atoms with E-state index >= 15 is 0 Å². The van der Waals surface area contributed by atoms with Gasteiger partial charge in [-0.25, -0.2) is 0 Å². The number of carbonyl (C=O) groups is 1. The molecule has 0 saturated carbocycles.